The number of rotatable bonds is 7. The van der Waals surface area contributed by atoms with E-state index in [2.05, 4.69) is 29.4 Å². The lowest BCUT2D eigenvalue weighted by molar-refractivity contribution is 0.143. The highest BCUT2D eigenvalue weighted by Gasteiger charge is 2.22. The molecule has 1 aliphatic rings. The lowest BCUT2D eigenvalue weighted by Gasteiger charge is -2.32. The quantitative estimate of drug-likeness (QED) is 0.839. The largest absolute Gasteiger partial charge is 0.384 e. The average molecular weight is 297 g/mol. The minimum atomic E-state index is 0.347. The van der Waals surface area contributed by atoms with Gasteiger partial charge in [0.1, 0.15) is 0 Å². The van der Waals surface area contributed by atoms with Gasteiger partial charge in [-0.2, -0.15) is 0 Å². The Kier molecular flexibility index (Phi) is 6.26. The molecule has 0 aliphatic carbocycles. The van der Waals surface area contributed by atoms with E-state index in [1.54, 1.807) is 18.4 Å². The van der Waals surface area contributed by atoms with Crippen molar-refractivity contribution < 1.29 is 4.74 Å². The number of anilines is 1. The van der Waals surface area contributed by atoms with Crippen LogP contribution in [0, 0.1) is 5.92 Å². The second-order valence-corrected chi connectivity index (χ2v) is 6.48. The molecular formula is C15H27N3OS. The number of methoxy groups -OCH3 is 1. The van der Waals surface area contributed by atoms with Crippen LogP contribution < -0.4 is 10.2 Å². The number of hydrogen-bond donors (Lipinski definition) is 1. The summed E-state index contributed by atoms with van der Waals surface area (Å²) in [7, 11) is 1.79. The van der Waals surface area contributed by atoms with Crippen LogP contribution in [0.2, 0.25) is 0 Å². The van der Waals surface area contributed by atoms with Crippen LogP contribution in [0.3, 0.4) is 0 Å². The molecule has 2 unspecified atom stereocenters. The van der Waals surface area contributed by atoms with Crippen LogP contribution in [0.5, 0.6) is 0 Å². The van der Waals surface area contributed by atoms with Crippen molar-refractivity contribution >= 4 is 16.5 Å². The van der Waals surface area contributed by atoms with Crippen molar-refractivity contribution in [1.82, 2.24) is 10.3 Å². The molecule has 0 saturated carbocycles. The summed E-state index contributed by atoms with van der Waals surface area (Å²) in [6.45, 7) is 8.51. The van der Waals surface area contributed by atoms with E-state index in [-0.39, 0.29) is 0 Å². The lowest BCUT2D eigenvalue weighted by atomic mass is 9.99. The Morgan fingerprint density at radius 2 is 2.45 bits per heavy atom. The zero-order chi connectivity index (χ0) is 14.4. The van der Waals surface area contributed by atoms with Crippen molar-refractivity contribution in [3.05, 3.63) is 11.1 Å². The fraction of sp³-hybridized carbons (Fsp3) is 0.800. The Bertz CT molecular complexity index is 394. The monoisotopic (exact) mass is 297 g/mol. The second kappa shape index (κ2) is 7.96. The van der Waals surface area contributed by atoms with Crippen molar-refractivity contribution in [2.75, 3.05) is 38.3 Å². The summed E-state index contributed by atoms with van der Waals surface area (Å²) in [5.41, 5.74) is 1.17. The van der Waals surface area contributed by atoms with E-state index >= 15 is 0 Å². The standard InChI is InChI=1S/C15H27N3OS/c1-4-7-16-12(2)14-11-20-15(17-14)18-8-5-6-13(9-18)10-19-3/h11-13,16H,4-10H2,1-3H3. The van der Waals surface area contributed by atoms with Crippen LogP contribution in [-0.4, -0.2) is 38.3 Å². The van der Waals surface area contributed by atoms with Gasteiger partial charge in [0.2, 0.25) is 0 Å². The first-order chi connectivity index (χ1) is 9.74. The number of hydrogen-bond acceptors (Lipinski definition) is 5. The Morgan fingerprint density at radius 3 is 3.20 bits per heavy atom. The van der Waals surface area contributed by atoms with Crippen molar-refractivity contribution in [3.63, 3.8) is 0 Å². The first-order valence-corrected chi connectivity index (χ1v) is 8.55. The van der Waals surface area contributed by atoms with E-state index < -0.39 is 0 Å². The zero-order valence-electron chi connectivity index (χ0n) is 12.9. The Hall–Kier alpha value is -0.650. The molecule has 2 heterocycles. The van der Waals surface area contributed by atoms with Gasteiger partial charge in [-0.15, -0.1) is 11.3 Å². The van der Waals surface area contributed by atoms with E-state index in [0.717, 1.165) is 32.7 Å². The van der Waals surface area contributed by atoms with Crippen molar-refractivity contribution in [2.45, 2.75) is 39.2 Å². The number of piperidine rings is 1. The molecule has 20 heavy (non-hydrogen) atoms. The van der Waals surface area contributed by atoms with E-state index in [9.17, 15) is 0 Å². The predicted octanol–water partition coefficient (Wildman–Crippen LogP) is 3.07. The Labute approximate surface area is 126 Å². The van der Waals surface area contributed by atoms with E-state index in [4.69, 9.17) is 9.72 Å². The summed E-state index contributed by atoms with van der Waals surface area (Å²) in [5, 5.41) is 6.87. The summed E-state index contributed by atoms with van der Waals surface area (Å²) in [4.78, 5) is 7.25. The molecule has 0 bridgehead atoms. The minimum Gasteiger partial charge on any atom is -0.384 e. The van der Waals surface area contributed by atoms with Crippen LogP contribution in [0.4, 0.5) is 5.13 Å². The molecule has 2 atom stereocenters. The van der Waals surface area contributed by atoms with Crippen LogP contribution in [0.15, 0.2) is 5.38 Å². The molecule has 1 fully saturated rings. The van der Waals surface area contributed by atoms with Gasteiger partial charge in [-0.3, -0.25) is 0 Å². The molecule has 1 aliphatic heterocycles. The predicted molar refractivity (Wildman–Crippen MR) is 85.6 cm³/mol. The third kappa shape index (κ3) is 4.17. The molecule has 1 N–H and O–H groups in total. The summed E-state index contributed by atoms with van der Waals surface area (Å²) in [5.74, 6) is 0.650. The fourth-order valence-electron chi connectivity index (χ4n) is 2.70. The molecule has 0 amide bonds. The molecular weight excluding hydrogens is 270 g/mol. The van der Waals surface area contributed by atoms with Gasteiger partial charge in [-0.05, 0) is 38.6 Å². The summed E-state index contributed by atoms with van der Waals surface area (Å²) >= 11 is 1.77. The topological polar surface area (TPSA) is 37.4 Å². The lowest BCUT2D eigenvalue weighted by Crippen LogP contribution is -2.37. The summed E-state index contributed by atoms with van der Waals surface area (Å²) in [6.07, 6.45) is 3.68. The maximum Gasteiger partial charge on any atom is 0.185 e. The van der Waals surface area contributed by atoms with Gasteiger partial charge in [0.25, 0.3) is 0 Å². The number of ether oxygens (including phenoxy) is 1. The van der Waals surface area contributed by atoms with Crippen molar-refractivity contribution in [1.29, 1.82) is 0 Å². The Morgan fingerprint density at radius 1 is 1.60 bits per heavy atom. The van der Waals surface area contributed by atoms with Gasteiger partial charge in [0.05, 0.1) is 12.3 Å². The number of thiazole rings is 1. The average Bonchev–Trinajstić information content (AvgIpc) is 2.95. The van der Waals surface area contributed by atoms with Gasteiger partial charge in [0, 0.05) is 31.6 Å². The van der Waals surface area contributed by atoms with Crippen molar-refractivity contribution in [2.24, 2.45) is 5.92 Å². The smallest absolute Gasteiger partial charge is 0.185 e. The maximum atomic E-state index is 5.30. The Balaban J connectivity index is 1.93. The van der Waals surface area contributed by atoms with Crippen LogP contribution in [0.25, 0.3) is 0 Å². The van der Waals surface area contributed by atoms with Gasteiger partial charge in [-0.25, -0.2) is 4.98 Å². The van der Waals surface area contributed by atoms with Gasteiger partial charge in [0.15, 0.2) is 5.13 Å². The molecule has 2 rings (SSSR count). The third-order valence-electron chi connectivity index (χ3n) is 3.85. The molecule has 1 aromatic heterocycles. The van der Waals surface area contributed by atoms with Crippen molar-refractivity contribution in [3.8, 4) is 0 Å². The number of nitrogens with one attached hydrogen (secondary N) is 1. The highest BCUT2D eigenvalue weighted by atomic mass is 32.1. The summed E-state index contributed by atoms with van der Waals surface area (Å²) < 4.78 is 5.30. The molecule has 1 aromatic rings. The molecule has 114 valence electrons. The van der Waals surface area contributed by atoms with E-state index in [1.165, 1.54) is 23.7 Å². The van der Waals surface area contributed by atoms with Crippen LogP contribution in [0.1, 0.15) is 44.8 Å². The maximum absolute atomic E-state index is 5.30. The fourth-order valence-corrected chi connectivity index (χ4v) is 3.65. The van der Waals surface area contributed by atoms with E-state index in [1.807, 2.05) is 0 Å². The molecule has 4 nitrogen and oxygen atoms in total. The SMILES string of the molecule is CCCNC(C)c1csc(N2CCCC(COC)C2)n1. The van der Waals surface area contributed by atoms with Gasteiger partial charge < -0.3 is 15.0 Å². The molecule has 0 spiro atoms. The minimum absolute atomic E-state index is 0.347. The second-order valence-electron chi connectivity index (χ2n) is 5.64. The normalized spacial score (nSPS) is 21.1. The number of nitrogens with zero attached hydrogens (tertiary/aromatic N) is 2. The molecule has 0 aromatic carbocycles. The molecule has 1 saturated heterocycles. The van der Waals surface area contributed by atoms with Gasteiger partial charge in [-0.1, -0.05) is 6.92 Å². The number of aromatic nitrogens is 1. The van der Waals surface area contributed by atoms with Crippen LogP contribution >= 0.6 is 11.3 Å². The van der Waals surface area contributed by atoms with Gasteiger partial charge >= 0.3 is 0 Å². The highest BCUT2D eigenvalue weighted by Crippen LogP contribution is 2.28. The van der Waals surface area contributed by atoms with Crippen LogP contribution in [-0.2, 0) is 4.74 Å². The molecule has 0 radical (unpaired) electrons. The van der Waals surface area contributed by atoms with E-state index in [0.29, 0.717) is 12.0 Å². The molecule has 5 heteroatoms. The highest BCUT2D eigenvalue weighted by molar-refractivity contribution is 7.13. The zero-order valence-corrected chi connectivity index (χ0v) is 13.7. The third-order valence-corrected chi connectivity index (χ3v) is 4.77. The summed E-state index contributed by atoms with van der Waals surface area (Å²) in [6, 6.07) is 0.347. The first-order valence-electron chi connectivity index (χ1n) is 7.67. The first kappa shape index (κ1) is 15.7.